The van der Waals surface area contributed by atoms with Gasteiger partial charge < -0.3 is 5.32 Å². The molecule has 7 heteroatoms. The number of benzene rings is 1. The van der Waals surface area contributed by atoms with Crippen LogP contribution in [0.25, 0.3) is 0 Å². The molecule has 1 N–H and O–H groups in total. The predicted molar refractivity (Wildman–Crippen MR) is 109 cm³/mol. The molecule has 0 bridgehead atoms. The van der Waals surface area contributed by atoms with Crippen LogP contribution in [0.15, 0.2) is 52.0 Å². The summed E-state index contributed by atoms with van der Waals surface area (Å²) in [5, 5.41) is 2.90. The normalized spacial score (nSPS) is 16.2. The highest BCUT2D eigenvalue weighted by molar-refractivity contribution is 9.10. The van der Waals surface area contributed by atoms with Crippen LogP contribution in [0.3, 0.4) is 0 Å². The van der Waals surface area contributed by atoms with Gasteiger partial charge in [-0.15, -0.1) is 0 Å². The van der Waals surface area contributed by atoms with Gasteiger partial charge in [-0.1, -0.05) is 37.8 Å². The first kappa shape index (κ1) is 20.0. The van der Waals surface area contributed by atoms with Crippen molar-refractivity contribution < 1.29 is 13.2 Å². The molecule has 0 radical (unpaired) electrons. The predicted octanol–water partition coefficient (Wildman–Crippen LogP) is 4.55. The SMILES string of the molecule is CS(=O)(=O)c1ccc([C@@H](CC2CCCC2)C(=O)Nc2ccc(Br)cn2)cc1. The molecule has 0 spiro atoms. The summed E-state index contributed by atoms with van der Waals surface area (Å²) >= 11 is 3.33. The number of carbonyl (C=O) groups is 1. The Labute approximate surface area is 168 Å². The van der Waals surface area contributed by atoms with E-state index in [2.05, 4.69) is 26.2 Å². The lowest BCUT2D eigenvalue weighted by atomic mass is 9.87. The maximum atomic E-state index is 13.0. The Bertz CT molecular complexity index is 890. The number of anilines is 1. The van der Waals surface area contributed by atoms with E-state index >= 15 is 0 Å². The Balaban J connectivity index is 1.83. The number of aromatic nitrogens is 1. The van der Waals surface area contributed by atoms with E-state index in [-0.39, 0.29) is 16.7 Å². The van der Waals surface area contributed by atoms with E-state index < -0.39 is 9.84 Å². The molecular formula is C20H23BrN2O3S. The molecule has 1 atom stereocenters. The standard InChI is InChI=1S/C20H23BrN2O3S/c1-27(25,26)17-9-6-15(7-10-17)18(12-14-4-2-3-5-14)20(24)23-19-11-8-16(21)13-22-19/h6-11,13-14,18H,2-5,12H2,1H3,(H,22,23,24)/t18-/m1/s1. The number of rotatable bonds is 6. The lowest BCUT2D eigenvalue weighted by Crippen LogP contribution is -2.23. The first-order valence-electron chi connectivity index (χ1n) is 9.05. The average Bonchev–Trinajstić information content (AvgIpc) is 3.14. The molecule has 2 aromatic rings. The molecular weight excluding hydrogens is 428 g/mol. The highest BCUT2D eigenvalue weighted by Gasteiger charge is 2.27. The Morgan fingerprint density at radius 2 is 1.85 bits per heavy atom. The highest BCUT2D eigenvalue weighted by atomic mass is 79.9. The van der Waals surface area contributed by atoms with Crippen LogP contribution in [0.4, 0.5) is 5.82 Å². The van der Waals surface area contributed by atoms with E-state index in [9.17, 15) is 13.2 Å². The van der Waals surface area contributed by atoms with Crippen LogP contribution in [0.1, 0.15) is 43.6 Å². The van der Waals surface area contributed by atoms with Crippen molar-refractivity contribution in [3.8, 4) is 0 Å². The lowest BCUT2D eigenvalue weighted by Gasteiger charge is -2.20. The van der Waals surface area contributed by atoms with Crippen LogP contribution < -0.4 is 5.32 Å². The average molecular weight is 451 g/mol. The lowest BCUT2D eigenvalue weighted by molar-refractivity contribution is -0.118. The third-order valence-corrected chi connectivity index (χ3v) is 6.65. The van der Waals surface area contributed by atoms with E-state index in [1.165, 1.54) is 19.1 Å². The second-order valence-electron chi connectivity index (χ2n) is 7.13. The van der Waals surface area contributed by atoms with Gasteiger partial charge in [0, 0.05) is 16.9 Å². The maximum absolute atomic E-state index is 13.0. The monoisotopic (exact) mass is 450 g/mol. The van der Waals surface area contributed by atoms with Gasteiger partial charge >= 0.3 is 0 Å². The maximum Gasteiger partial charge on any atom is 0.233 e. The zero-order valence-corrected chi connectivity index (χ0v) is 17.6. The van der Waals surface area contributed by atoms with Crippen molar-refractivity contribution >= 4 is 37.5 Å². The second kappa shape index (κ2) is 8.52. The minimum absolute atomic E-state index is 0.108. The summed E-state index contributed by atoms with van der Waals surface area (Å²) in [4.78, 5) is 17.5. The largest absolute Gasteiger partial charge is 0.310 e. The fourth-order valence-corrected chi connectivity index (χ4v) is 4.45. The number of halogens is 1. The molecule has 1 aromatic heterocycles. The summed E-state index contributed by atoms with van der Waals surface area (Å²) in [6, 6.07) is 10.3. The fourth-order valence-electron chi connectivity index (χ4n) is 3.58. The number of sulfone groups is 1. The van der Waals surface area contributed by atoms with Crippen LogP contribution in [-0.4, -0.2) is 25.6 Å². The van der Waals surface area contributed by atoms with Crippen molar-refractivity contribution in [1.29, 1.82) is 0 Å². The van der Waals surface area contributed by atoms with Crippen molar-refractivity contribution in [2.45, 2.75) is 42.9 Å². The molecule has 1 fully saturated rings. The summed E-state index contributed by atoms with van der Waals surface area (Å²) in [6.45, 7) is 0. The molecule has 1 heterocycles. The van der Waals surface area contributed by atoms with Gasteiger partial charge in [-0.2, -0.15) is 0 Å². The minimum atomic E-state index is -3.26. The summed E-state index contributed by atoms with van der Waals surface area (Å²) < 4.78 is 24.3. The van der Waals surface area contributed by atoms with Gasteiger partial charge in [0.25, 0.3) is 0 Å². The van der Waals surface area contributed by atoms with Crippen molar-refractivity contribution in [3.05, 3.63) is 52.6 Å². The highest BCUT2D eigenvalue weighted by Crippen LogP contribution is 2.35. The second-order valence-corrected chi connectivity index (χ2v) is 10.1. The number of amides is 1. The van der Waals surface area contributed by atoms with Crippen LogP contribution in [-0.2, 0) is 14.6 Å². The number of hydrogen-bond donors (Lipinski definition) is 1. The third-order valence-electron chi connectivity index (χ3n) is 5.05. The molecule has 0 saturated heterocycles. The Morgan fingerprint density at radius 1 is 1.19 bits per heavy atom. The first-order valence-corrected chi connectivity index (χ1v) is 11.7. The topological polar surface area (TPSA) is 76.1 Å². The molecule has 1 aliphatic carbocycles. The van der Waals surface area contributed by atoms with Crippen molar-refractivity contribution in [1.82, 2.24) is 4.98 Å². The Kier molecular flexibility index (Phi) is 6.32. The van der Waals surface area contributed by atoms with E-state index in [0.717, 1.165) is 29.3 Å². The van der Waals surface area contributed by atoms with E-state index in [1.54, 1.807) is 36.5 Å². The number of carbonyl (C=O) groups excluding carboxylic acids is 1. The summed E-state index contributed by atoms with van der Waals surface area (Å²) in [6.07, 6.45) is 8.29. The van der Waals surface area contributed by atoms with Gasteiger partial charge in [-0.05, 0) is 58.1 Å². The van der Waals surface area contributed by atoms with Gasteiger partial charge in [0.1, 0.15) is 5.82 Å². The van der Waals surface area contributed by atoms with Crippen LogP contribution in [0, 0.1) is 5.92 Å². The number of pyridine rings is 1. The summed E-state index contributed by atoms with van der Waals surface area (Å²) in [7, 11) is -3.26. The van der Waals surface area contributed by atoms with Gasteiger partial charge in [-0.25, -0.2) is 13.4 Å². The quantitative estimate of drug-likeness (QED) is 0.699. The number of hydrogen-bond acceptors (Lipinski definition) is 4. The first-order chi connectivity index (χ1) is 12.8. The van der Waals surface area contributed by atoms with Gasteiger partial charge in [0.15, 0.2) is 9.84 Å². The molecule has 144 valence electrons. The molecule has 1 amide bonds. The molecule has 1 aliphatic rings. The van der Waals surface area contributed by atoms with Crippen molar-refractivity contribution in [2.75, 3.05) is 11.6 Å². The molecule has 0 aliphatic heterocycles. The molecule has 27 heavy (non-hydrogen) atoms. The number of nitrogens with zero attached hydrogens (tertiary/aromatic N) is 1. The third kappa shape index (κ3) is 5.39. The van der Waals surface area contributed by atoms with Crippen molar-refractivity contribution in [2.24, 2.45) is 5.92 Å². The van der Waals surface area contributed by atoms with Crippen LogP contribution in [0.2, 0.25) is 0 Å². The smallest absolute Gasteiger partial charge is 0.233 e. The zero-order valence-electron chi connectivity index (χ0n) is 15.2. The minimum Gasteiger partial charge on any atom is -0.310 e. The summed E-state index contributed by atoms with van der Waals surface area (Å²) in [5.74, 6) is 0.594. The molecule has 5 nitrogen and oxygen atoms in total. The van der Waals surface area contributed by atoms with E-state index in [0.29, 0.717) is 11.7 Å². The van der Waals surface area contributed by atoms with Gasteiger partial charge in [-0.3, -0.25) is 4.79 Å². The van der Waals surface area contributed by atoms with Crippen LogP contribution in [0.5, 0.6) is 0 Å². The van der Waals surface area contributed by atoms with Gasteiger partial charge in [0.2, 0.25) is 5.91 Å². The Morgan fingerprint density at radius 3 is 2.41 bits per heavy atom. The number of nitrogens with one attached hydrogen (secondary N) is 1. The van der Waals surface area contributed by atoms with E-state index in [1.807, 2.05) is 6.07 Å². The summed E-state index contributed by atoms with van der Waals surface area (Å²) in [5.41, 5.74) is 0.837. The Hall–Kier alpha value is -1.73. The van der Waals surface area contributed by atoms with E-state index in [4.69, 9.17) is 0 Å². The van der Waals surface area contributed by atoms with Crippen LogP contribution >= 0.6 is 15.9 Å². The fraction of sp³-hybridized carbons (Fsp3) is 0.400. The zero-order chi connectivity index (χ0) is 19.4. The molecule has 1 saturated carbocycles. The molecule has 3 rings (SSSR count). The molecule has 1 aromatic carbocycles. The molecule has 0 unspecified atom stereocenters. The van der Waals surface area contributed by atoms with Gasteiger partial charge in [0.05, 0.1) is 10.8 Å². The van der Waals surface area contributed by atoms with Crippen molar-refractivity contribution in [3.63, 3.8) is 0 Å².